The van der Waals surface area contributed by atoms with E-state index in [9.17, 15) is 13.2 Å². The molecule has 0 unspecified atom stereocenters. The molecule has 1 N–H and O–H groups in total. The van der Waals surface area contributed by atoms with Crippen molar-refractivity contribution in [2.24, 2.45) is 5.92 Å². The van der Waals surface area contributed by atoms with Crippen molar-refractivity contribution < 1.29 is 13.2 Å². The number of hydrogen-bond acceptors (Lipinski definition) is 6. The summed E-state index contributed by atoms with van der Waals surface area (Å²) in [6.07, 6.45) is 4.90. The quantitative estimate of drug-likeness (QED) is 0.294. The van der Waals surface area contributed by atoms with Gasteiger partial charge in [0.25, 0.3) is 15.9 Å². The van der Waals surface area contributed by atoms with Gasteiger partial charge in [0.1, 0.15) is 0 Å². The molecule has 0 radical (unpaired) electrons. The lowest BCUT2D eigenvalue weighted by Crippen LogP contribution is -2.36. The van der Waals surface area contributed by atoms with E-state index in [0.29, 0.717) is 29.0 Å². The Morgan fingerprint density at radius 1 is 0.975 bits per heavy atom. The third-order valence-corrected chi connectivity index (χ3v) is 8.77. The van der Waals surface area contributed by atoms with Crippen LogP contribution in [0.2, 0.25) is 5.02 Å². The molecule has 5 rings (SSSR count). The van der Waals surface area contributed by atoms with Crippen LogP contribution in [0.15, 0.2) is 90.0 Å². The second-order valence-electron chi connectivity index (χ2n) is 10.2. The van der Waals surface area contributed by atoms with Crippen LogP contribution in [0.4, 0.5) is 5.95 Å². The normalized spacial score (nSPS) is 14.2. The number of amides is 1. The van der Waals surface area contributed by atoms with Gasteiger partial charge in [-0.05, 0) is 67.5 Å². The summed E-state index contributed by atoms with van der Waals surface area (Å²) in [6.45, 7) is 3.64. The van der Waals surface area contributed by atoms with Crippen LogP contribution in [-0.2, 0) is 22.9 Å². The van der Waals surface area contributed by atoms with Crippen LogP contribution < -0.4 is 9.62 Å². The van der Waals surface area contributed by atoms with Crippen molar-refractivity contribution in [1.82, 2.24) is 14.7 Å². The Morgan fingerprint density at radius 2 is 1.68 bits per heavy atom. The highest BCUT2D eigenvalue weighted by Crippen LogP contribution is 2.25. The molecule has 0 bridgehead atoms. The van der Waals surface area contributed by atoms with Crippen LogP contribution in [-0.4, -0.2) is 37.4 Å². The Labute approximate surface area is 240 Å². The van der Waals surface area contributed by atoms with E-state index in [-0.39, 0.29) is 10.5 Å². The monoisotopic (exact) mass is 574 g/mol. The number of nitrogens with zero attached hydrogens (tertiary/aromatic N) is 3. The molecule has 1 amide bonds. The highest BCUT2D eigenvalue weighted by atomic mass is 35.5. The van der Waals surface area contributed by atoms with Crippen molar-refractivity contribution in [3.63, 3.8) is 0 Å². The number of carbonyl (C=O) groups is 1. The third-order valence-electron chi connectivity index (χ3n) is 7.17. The van der Waals surface area contributed by atoms with Gasteiger partial charge in [-0.3, -0.25) is 4.79 Å². The van der Waals surface area contributed by atoms with E-state index >= 15 is 0 Å². The standard InChI is InChI=1S/C31H31ClN4O3S/c1-22-6-5-9-25(18-22)20-29-28(30(37)35-40(38,39)27-12-10-26(32)11-13-27)21-33-31(34-29)36-16-14-24(15-17-36)19-23-7-3-2-4-8-23/h2-13,18,21,24H,14-17,19-20H2,1H3,(H,35,37). The Morgan fingerprint density at radius 3 is 2.38 bits per heavy atom. The predicted octanol–water partition coefficient (Wildman–Crippen LogP) is 5.61. The lowest BCUT2D eigenvalue weighted by atomic mass is 9.90. The lowest BCUT2D eigenvalue weighted by molar-refractivity contribution is 0.0980. The summed E-state index contributed by atoms with van der Waals surface area (Å²) in [5.74, 6) is 0.372. The van der Waals surface area contributed by atoms with E-state index in [2.05, 4.69) is 38.9 Å². The van der Waals surface area contributed by atoms with Crippen LogP contribution in [0.5, 0.6) is 0 Å². The molecule has 1 fully saturated rings. The number of carbonyl (C=O) groups excluding carboxylic acids is 1. The molecule has 1 aromatic heterocycles. The number of sulfonamides is 1. The molecule has 0 spiro atoms. The molecule has 1 saturated heterocycles. The molecule has 3 aromatic carbocycles. The summed E-state index contributed by atoms with van der Waals surface area (Å²) < 4.78 is 28.0. The highest BCUT2D eigenvalue weighted by Gasteiger charge is 2.25. The summed E-state index contributed by atoms with van der Waals surface area (Å²) in [4.78, 5) is 24.7. The fourth-order valence-corrected chi connectivity index (χ4v) is 6.13. The molecule has 0 atom stereocenters. The average Bonchev–Trinajstić information content (AvgIpc) is 2.94. The van der Waals surface area contributed by atoms with Crippen molar-refractivity contribution in [3.05, 3.63) is 118 Å². The van der Waals surface area contributed by atoms with Gasteiger partial charge in [-0.25, -0.2) is 23.1 Å². The number of piperidine rings is 1. The van der Waals surface area contributed by atoms with Gasteiger partial charge in [0, 0.05) is 30.7 Å². The van der Waals surface area contributed by atoms with E-state index in [1.807, 2.05) is 37.3 Å². The first-order valence-corrected chi connectivity index (χ1v) is 15.2. The summed E-state index contributed by atoms with van der Waals surface area (Å²) in [5, 5.41) is 0.402. The Hall–Kier alpha value is -3.75. The smallest absolute Gasteiger partial charge is 0.268 e. The molecule has 40 heavy (non-hydrogen) atoms. The highest BCUT2D eigenvalue weighted by molar-refractivity contribution is 7.90. The maximum absolute atomic E-state index is 13.3. The summed E-state index contributed by atoms with van der Waals surface area (Å²) in [7, 11) is -4.11. The van der Waals surface area contributed by atoms with Gasteiger partial charge in [0.05, 0.1) is 16.2 Å². The van der Waals surface area contributed by atoms with Crippen molar-refractivity contribution >= 4 is 33.5 Å². The zero-order chi connectivity index (χ0) is 28.1. The molecular weight excluding hydrogens is 544 g/mol. The molecular formula is C31H31ClN4O3S. The maximum atomic E-state index is 13.3. The lowest BCUT2D eigenvalue weighted by Gasteiger charge is -2.32. The summed E-state index contributed by atoms with van der Waals surface area (Å²) >= 11 is 5.89. The number of halogens is 1. The fraction of sp³-hybridized carbons (Fsp3) is 0.258. The zero-order valence-electron chi connectivity index (χ0n) is 22.3. The molecule has 1 aliphatic heterocycles. The third kappa shape index (κ3) is 6.87. The molecule has 9 heteroatoms. The minimum Gasteiger partial charge on any atom is -0.341 e. The zero-order valence-corrected chi connectivity index (χ0v) is 23.8. The number of nitrogens with one attached hydrogen (secondary N) is 1. The Bertz CT molecular complexity index is 1590. The molecule has 0 aliphatic carbocycles. The number of anilines is 1. The van der Waals surface area contributed by atoms with Gasteiger partial charge in [0.2, 0.25) is 5.95 Å². The van der Waals surface area contributed by atoms with Crippen molar-refractivity contribution in [3.8, 4) is 0 Å². The second kappa shape index (κ2) is 12.2. The van der Waals surface area contributed by atoms with Gasteiger partial charge >= 0.3 is 0 Å². The van der Waals surface area contributed by atoms with Gasteiger partial charge in [0.15, 0.2) is 0 Å². The summed E-state index contributed by atoms with van der Waals surface area (Å²) in [6, 6.07) is 24.1. The largest absolute Gasteiger partial charge is 0.341 e. The number of benzene rings is 3. The van der Waals surface area contributed by atoms with Crippen LogP contribution in [0.1, 0.15) is 45.6 Å². The average molecular weight is 575 g/mol. The number of aryl methyl sites for hydroxylation is 1. The van der Waals surface area contributed by atoms with Crippen LogP contribution in [0.3, 0.4) is 0 Å². The van der Waals surface area contributed by atoms with Crippen LogP contribution in [0.25, 0.3) is 0 Å². The second-order valence-corrected chi connectivity index (χ2v) is 12.3. The molecule has 7 nitrogen and oxygen atoms in total. The topological polar surface area (TPSA) is 92.3 Å². The van der Waals surface area contributed by atoms with Crippen molar-refractivity contribution in [2.45, 2.75) is 37.5 Å². The number of rotatable bonds is 8. The van der Waals surface area contributed by atoms with Crippen LogP contribution >= 0.6 is 11.6 Å². The fourth-order valence-electron chi connectivity index (χ4n) is 5.03. The van der Waals surface area contributed by atoms with E-state index in [1.54, 1.807) is 0 Å². The van der Waals surface area contributed by atoms with Gasteiger partial charge in [-0.1, -0.05) is 71.8 Å². The predicted molar refractivity (Wildman–Crippen MR) is 157 cm³/mol. The van der Waals surface area contributed by atoms with Gasteiger partial charge < -0.3 is 4.90 Å². The van der Waals surface area contributed by atoms with Crippen molar-refractivity contribution in [1.29, 1.82) is 0 Å². The summed E-state index contributed by atoms with van der Waals surface area (Å²) in [5.41, 5.74) is 4.01. The van der Waals surface area contributed by atoms with E-state index in [4.69, 9.17) is 16.6 Å². The molecule has 0 saturated carbocycles. The minimum atomic E-state index is -4.11. The Balaban J connectivity index is 1.37. The minimum absolute atomic E-state index is 0.0543. The van der Waals surface area contributed by atoms with E-state index < -0.39 is 15.9 Å². The first-order chi connectivity index (χ1) is 19.3. The molecule has 206 valence electrons. The van der Waals surface area contributed by atoms with Crippen molar-refractivity contribution in [2.75, 3.05) is 18.0 Å². The molecule has 2 heterocycles. The first-order valence-electron chi connectivity index (χ1n) is 13.3. The molecule has 1 aliphatic rings. The maximum Gasteiger partial charge on any atom is 0.268 e. The van der Waals surface area contributed by atoms with Gasteiger partial charge in [-0.2, -0.15) is 0 Å². The van der Waals surface area contributed by atoms with E-state index in [1.165, 1.54) is 36.0 Å². The first kappa shape index (κ1) is 27.8. The Kier molecular flexibility index (Phi) is 8.47. The van der Waals surface area contributed by atoms with Gasteiger partial charge in [-0.15, -0.1) is 0 Å². The van der Waals surface area contributed by atoms with Crippen LogP contribution in [0, 0.1) is 12.8 Å². The van der Waals surface area contributed by atoms with E-state index in [0.717, 1.165) is 43.5 Å². The molecule has 4 aromatic rings. The number of aromatic nitrogens is 2. The SMILES string of the molecule is Cc1cccc(Cc2nc(N3CCC(Cc4ccccc4)CC3)ncc2C(=O)NS(=O)(=O)c2ccc(Cl)cc2)c1. The number of hydrogen-bond donors (Lipinski definition) is 1.